The Bertz CT molecular complexity index is 747. The summed E-state index contributed by atoms with van der Waals surface area (Å²) in [6.07, 6.45) is -0.305. The minimum Gasteiger partial charge on any atom is -0.481 e. The van der Waals surface area contributed by atoms with Crippen molar-refractivity contribution < 1.29 is 18.3 Å². The van der Waals surface area contributed by atoms with Crippen molar-refractivity contribution in [3.8, 4) is 0 Å². The average molecular weight is 339 g/mol. The van der Waals surface area contributed by atoms with E-state index in [0.29, 0.717) is 16.7 Å². The van der Waals surface area contributed by atoms with Crippen LogP contribution in [-0.2, 0) is 14.8 Å². The van der Waals surface area contributed by atoms with E-state index in [4.69, 9.17) is 5.11 Å². The summed E-state index contributed by atoms with van der Waals surface area (Å²) in [5, 5.41) is 12.6. The maximum absolute atomic E-state index is 12.7. The molecule has 1 unspecified atom stereocenters. The molecular formula is C15H17NO4S2. The molecular weight excluding hydrogens is 322 g/mol. The van der Waals surface area contributed by atoms with Gasteiger partial charge in [0.2, 0.25) is 10.0 Å². The highest BCUT2D eigenvalue weighted by atomic mass is 32.2. The molecule has 2 aromatic rings. The first-order valence-electron chi connectivity index (χ1n) is 6.63. The normalized spacial score (nSPS) is 13.0. The van der Waals surface area contributed by atoms with Crippen LogP contribution in [0, 0.1) is 13.8 Å². The van der Waals surface area contributed by atoms with E-state index in [0.717, 1.165) is 0 Å². The zero-order chi connectivity index (χ0) is 16.3. The molecule has 5 nitrogen and oxygen atoms in total. The van der Waals surface area contributed by atoms with Gasteiger partial charge in [-0.3, -0.25) is 4.79 Å². The molecule has 0 aliphatic rings. The molecule has 0 bridgehead atoms. The van der Waals surface area contributed by atoms with Gasteiger partial charge < -0.3 is 5.11 Å². The summed E-state index contributed by atoms with van der Waals surface area (Å²) in [6, 6.07) is 6.17. The number of hydrogen-bond acceptors (Lipinski definition) is 4. The molecule has 0 aliphatic heterocycles. The van der Waals surface area contributed by atoms with E-state index in [2.05, 4.69) is 4.72 Å². The molecule has 1 heterocycles. The van der Waals surface area contributed by atoms with Gasteiger partial charge in [-0.25, -0.2) is 13.1 Å². The molecule has 2 N–H and O–H groups in total. The number of carboxylic acids is 1. The number of sulfonamides is 1. The average Bonchev–Trinajstić information content (AvgIpc) is 2.90. The number of nitrogens with one attached hydrogen (secondary N) is 1. The number of benzene rings is 1. The largest absolute Gasteiger partial charge is 0.481 e. The van der Waals surface area contributed by atoms with E-state index < -0.39 is 22.0 Å². The molecule has 1 atom stereocenters. The molecule has 0 radical (unpaired) electrons. The van der Waals surface area contributed by atoms with Crippen molar-refractivity contribution in [2.75, 3.05) is 0 Å². The van der Waals surface area contributed by atoms with Gasteiger partial charge in [-0.05, 0) is 47.4 Å². The Balaban J connectivity index is 2.38. The van der Waals surface area contributed by atoms with Crippen LogP contribution < -0.4 is 4.72 Å². The molecule has 0 fully saturated rings. The third kappa shape index (κ3) is 3.73. The smallest absolute Gasteiger partial charge is 0.305 e. The van der Waals surface area contributed by atoms with Gasteiger partial charge in [0.1, 0.15) is 0 Å². The maximum atomic E-state index is 12.7. The Morgan fingerprint density at radius 2 is 1.91 bits per heavy atom. The molecule has 22 heavy (non-hydrogen) atoms. The minimum absolute atomic E-state index is 0.209. The van der Waals surface area contributed by atoms with E-state index >= 15 is 0 Å². The fraction of sp³-hybridized carbons (Fsp3) is 0.267. The minimum atomic E-state index is -3.80. The first kappa shape index (κ1) is 16.7. The Morgan fingerprint density at radius 1 is 1.27 bits per heavy atom. The summed E-state index contributed by atoms with van der Waals surface area (Å²) in [4.78, 5) is 11.2. The van der Waals surface area contributed by atoms with Crippen molar-refractivity contribution in [3.63, 3.8) is 0 Å². The van der Waals surface area contributed by atoms with E-state index in [1.54, 1.807) is 48.9 Å². The van der Waals surface area contributed by atoms with Crippen LogP contribution in [0.3, 0.4) is 0 Å². The number of thiophene rings is 1. The highest BCUT2D eigenvalue weighted by Crippen LogP contribution is 2.25. The molecule has 7 heteroatoms. The second kappa shape index (κ2) is 6.60. The second-order valence-corrected chi connectivity index (χ2v) is 7.48. The standard InChI is InChI=1S/C15H17NO4S2/c1-10-4-3-5-11(2)15(10)22(19,20)16-13(8-14(17)18)12-6-7-21-9-12/h3-7,9,13,16H,8H2,1-2H3,(H,17,18). The van der Waals surface area contributed by atoms with E-state index in [9.17, 15) is 13.2 Å². The van der Waals surface area contributed by atoms with Crippen LogP contribution in [0.5, 0.6) is 0 Å². The number of rotatable bonds is 6. The van der Waals surface area contributed by atoms with Crippen molar-refractivity contribution in [1.82, 2.24) is 4.72 Å². The van der Waals surface area contributed by atoms with Gasteiger partial charge in [-0.15, -0.1) is 0 Å². The molecule has 1 aromatic heterocycles. The molecule has 2 rings (SSSR count). The molecule has 0 amide bonds. The predicted molar refractivity (Wildman–Crippen MR) is 85.6 cm³/mol. The van der Waals surface area contributed by atoms with Crippen LogP contribution in [0.2, 0.25) is 0 Å². The van der Waals surface area contributed by atoms with Crippen LogP contribution in [-0.4, -0.2) is 19.5 Å². The van der Waals surface area contributed by atoms with Gasteiger partial charge in [-0.1, -0.05) is 18.2 Å². The molecule has 1 aromatic carbocycles. The van der Waals surface area contributed by atoms with Crippen molar-refractivity contribution in [3.05, 3.63) is 51.7 Å². The summed E-state index contributed by atoms with van der Waals surface area (Å²) in [6.45, 7) is 3.44. The number of carboxylic acid groups (broad SMARTS) is 1. The maximum Gasteiger partial charge on any atom is 0.305 e. The number of hydrogen-bond donors (Lipinski definition) is 2. The van der Waals surface area contributed by atoms with Gasteiger partial charge in [0.25, 0.3) is 0 Å². The van der Waals surface area contributed by atoms with Crippen LogP contribution >= 0.6 is 11.3 Å². The Morgan fingerprint density at radius 3 is 2.41 bits per heavy atom. The second-order valence-electron chi connectivity index (χ2n) is 5.05. The molecule has 118 valence electrons. The summed E-state index contributed by atoms with van der Waals surface area (Å²) < 4.78 is 27.8. The van der Waals surface area contributed by atoms with Crippen LogP contribution in [0.1, 0.15) is 29.2 Å². The number of carbonyl (C=O) groups is 1. The van der Waals surface area contributed by atoms with Crippen LogP contribution in [0.4, 0.5) is 0 Å². The van der Waals surface area contributed by atoms with Crippen molar-refractivity contribution >= 4 is 27.3 Å². The van der Waals surface area contributed by atoms with Gasteiger partial charge >= 0.3 is 5.97 Å². The van der Waals surface area contributed by atoms with Crippen molar-refractivity contribution in [2.24, 2.45) is 0 Å². The van der Waals surface area contributed by atoms with Crippen molar-refractivity contribution in [1.29, 1.82) is 0 Å². The first-order chi connectivity index (χ1) is 10.3. The SMILES string of the molecule is Cc1cccc(C)c1S(=O)(=O)NC(CC(=O)O)c1ccsc1. The zero-order valence-corrected chi connectivity index (χ0v) is 13.9. The van der Waals surface area contributed by atoms with E-state index in [-0.39, 0.29) is 11.3 Å². The quantitative estimate of drug-likeness (QED) is 0.847. The highest BCUT2D eigenvalue weighted by Gasteiger charge is 2.26. The lowest BCUT2D eigenvalue weighted by Gasteiger charge is -2.18. The Kier molecular flexibility index (Phi) is 5.00. The lowest BCUT2D eigenvalue weighted by molar-refractivity contribution is -0.137. The fourth-order valence-electron chi connectivity index (χ4n) is 2.34. The Labute approximate surface area is 133 Å². The molecule has 0 saturated heterocycles. The highest BCUT2D eigenvalue weighted by molar-refractivity contribution is 7.89. The number of aliphatic carboxylic acids is 1. The molecule has 0 spiro atoms. The first-order valence-corrected chi connectivity index (χ1v) is 9.06. The lowest BCUT2D eigenvalue weighted by atomic mass is 10.1. The summed E-state index contributed by atoms with van der Waals surface area (Å²) in [7, 11) is -3.80. The monoisotopic (exact) mass is 339 g/mol. The molecule has 0 saturated carbocycles. The zero-order valence-electron chi connectivity index (χ0n) is 12.2. The third-order valence-corrected chi connectivity index (χ3v) is 5.78. The van der Waals surface area contributed by atoms with Crippen LogP contribution in [0.15, 0.2) is 39.9 Å². The summed E-state index contributed by atoms with van der Waals surface area (Å²) in [5.74, 6) is -1.06. The van der Waals surface area contributed by atoms with Gasteiger partial charge in [0, 0.05) is 0 Å². The third-order valence-electron chi connectivity index (χ3n) is 3.30. The predicted octanol–water partition coefficient (Wildman–Crippen LogP) is 2.86. The Hall–Kier alpha value is -1.70. The van der Waals surface area contributed by atoms with Gasteiger partial charge in [0.15, 0.2) is 0 Å². The fourth-order valence-corrected chi connectivity index (χ4v) is 4.75. The van der Waals surface area contributed by atoms with Crippen molar-refractivity contribution in [2.45, 2.75) is 31.2 Å². The van der Waals surface area contributed by atoms with Gasteiger partial charge in [-0.2, -0.15) is 11.3 Å². The lowest BCUT2D eigenvalue weighted by Crippen LogP contribution is -2.31. The summed E-state index contributed by atoms with van der Waals surface area (Å²) in [5.41, 5.74) is 1.92. The number of aryl methyl sites for hydroxylation is 2. The topological polar surface area (TPSA) is 83.5 Å². The van der Waals surface area contributed by atoms with E-state index in [1.807, 2.05) is 0 Å². The summed E-state index contributed by atoms with van der Waals surface area (Å²) >= 11 is 1.40. The van der Waals surface area contributed by atoms with Gasteiger partial charge in [0.05, 0.1) is 17.4 Å². The molecule has 0 aliphatic carbocycles. The van der Waals surface area contributed by atoms with E-state index in [1.165, 1.54) is 11.3 Å². The van der Waals surface area contributed by atoms with Crippen LogP contribution in [0.25, 0.3) is 0 Å².